The zero-order valence-corrected chi connectivity index (χ0v) is 32.5. The summed E-state index contributed by atoms with van der Waals surface area (Å²) in [7, 11) is 0. The van der Waals surface area contributed by atoms with Crippen molar-refractivity contribution in [2.75, 3.05) is 34.8 Å². The van der Waals surface area contributed by atoms with Crippen LogP contribution in [0.4, 0.5) is 29.0 Å². The molecule has 6 aromatic rings. The predicted octanol–water partition coefficient (Wildman–Crippen LogP) is 10.3. The number of hydrogen-bond donors (Lipinski definition) is 4. The first kappa shape index (κ1) is 38.5. The fourth-order valence-electron chi connectivity index (χ4n) is 4.97. The molecule has 2 fully saturated rings. The van der Waals surface area contributed by atoms with Crippen molar-refractivity contribution in [2.45, 2.75) is 25.7 Å². The van der Waals surface area contributed by atoms with Crippen molar-refractivity contribution in [3.63, 3.8) is 0 Å². The molecule has 0 atom stereocenters. The van der Waals surface area contributed by atoms with Gasteiger partial charge in [-0.3, -0.25) is 0 Å². The topological polar surface area (TPSA) is 161 Å². The van der Waals surface area contributed by atoms with Gasteiger partial charge in [-0.05, 0) is 154 Å². The summed E-state index contributed by atoms with van der Waals surface area (Å²) in [6.45, 7) is 1.91. The average molecular weight is 861 g/mol. The molecule has 8 rings (SSSR count). The lowest BCUT2D eigenvalue weighted by molar-refractivity contribution is 0.883. The minimum absolute atomic E-state index is 0. The molecule has 52 heavy (non-hydrogen) atoms. The third-order valence-corrected chi connectivity index (χ3v) is 9.60. The van der Waals surface area contributed by atoms with Crippen molar-refractivity contribution in [2.24, 2.45) is 11.8 Å². The zero-order chi connectivity index (χ0) is 35.7. The summed E-state index contributed by atoms with van der Waals surface area (Å²) < 4.78 is 1.87. The van der Waals surface area contributed by atoms with Crippen LogP contribution in [-0.4, -0.2) is 33.0 Å². The van der Waals surface area contributed by atoms with Gasteiger partial charge in [-0.25, -0.2) is 15.0 Å². The average Bonchev–Trinajstić information content (AvgIpc) is 4.08. The molecule has 0 bridgehead atoms. The number of halogens is 4. The number of benzene rings is 4. The molecule has 0 radical (unpaired) electrons. The summed E-state index contributed by atoms with van der Waals surface area (Å²) in [5.41, 5.74) is 9.89. The zero-order valence-electron chi connectivity index (χ0n) is 27.8. The SMILES string of the molecule is Cl.Clc1nc(NCC2CC2)c2cccc(Br)c2n1.N#Cc1ccc(N)cc1.N#Cc1ccc(Nc2nc(NCC3CC3)c3cccc(Br)c3n2)cc1. The number of para-hydroxylation sites is 2. The first-order chi connectivity index (χ1) is 24.8. The minimum atomic E-state index is 0. The molecule has 2 heterocycles. The molecular weight excluding hydrogens is 827 g/mol. The van der Waals surface area contributed by atoms with Crippen LogP contribution < -0.4 is 21.7 Å². The van der Waals surface area contributed by atoms with Gasteiger partial charge in [0.2, 0.25) is 11.2 Å². The molecule has 10 nitrogen and oxygen atoms in total. The predicted molar refractivity (Wildman–Crippen MR) is 219 cm³/mol. The quantitative estimate of drug-likeness (QED) is 0.0856. The Labute approximate surface area is 329 Å². The van der Waals surface area contributed by atoms with Gasteiger partial charge in [0.1, 0.15) is 11.6 Å². The van der Waals surface area contributed by atoms with Gasteiger partial charge in [0.05, 0.1) is 34.3 Å². The fourth-order valence-corrected chi connectivity index (χ4v) is 6.05. The highest BCUT2D eigenvalue weighted by molar-refractivity contribution is 9.11. The van der Waals surface area contributed by atoms with Crippen LogP contribution in [0.2, 0.25) is 5.28 Å². The molecule has 0 amide bonds. The number of nitrogens with zero attached hydrogens (tertiary/aromatic N) is 6. The van der Waals surface area contributed by atoms with E-state index in [1.807, 2.05) is 54.6 Å². The largest absolute Gasteiger partial charge is 0.399 e. The van der Waals surface area contributed by atoms with Gasteiger partial charge >= 0.3 is 0 Å². The summed E-state index contributed by atoms with van der Waals surface area (Å²) >= 11 is 13.0. The number of nitriles is 2. The second kappa shape index (κ2) is 18.2. The molecule has 2 aliphatic rings. The fraction of sp³-hybridized carbons (Fsp3) is 0.211. The highest BCUT2D eigenvalue weighted by Gasteiger charge is 2.22. The van der Waals surface area contributed by atoms with Crippen molar-refractivity contribution in [3.8, 4) is 12.1 Å². The monoisotopic (exact) mass is 858 g/mol. The van der Waals surface area contributed by atoms with Crippen LogP contribution in [0.1, 0.15) is 36.8 Å². The smallest absolute Gasteiger partial charge is 0.229 e. The lowest BCUT2D eigenvalue weighted by Gasteiger charge is -2.12. The number of aromatic nitrogens is 4. The molecular formula is C38H34Br2Cl2N10. The van der Waals surface area contributed by atoms with E-state index < -0.39 is 0 Å². The van der Waals surface area contributed by atoms with E-state index in [1.54, 1.807) is 36.4 Å². The number of fused-ring (bicyclic) bond motifs is 2. The molecule has 264 valence electrons. The van der Waals surface area contributed by atoms with E-state index in [9.17, 15) is 0 Å². The first-order valence-electron chi connectivity index (χ1n) is 16.4. The van der Waals surface area contributed by atoms with Crippen LogP contribution in [0.5, 0.6) is 0 Å². The van der Waals surface area contributed by atoms with Crippen molar-refractivity contribution >= 4 is 107 Å². The summed E-state index contributed by atoms with van der Waals surface area (Å²) in [5.74, 6) is 3.75. The molecule has 4 aromatic carbocycles. The van der Waals surface area contributed by atoms with Gasteiger partial charge in [0.15, 0.2) is 0 Å². The molecule has 14 heteroatoms. The Kier molecular flexibility index (Phi) is 13.5. The lowest BCUT2D eigenvalue weighted by atomic mass is 10.2. The molecule has 2 aromatic heterocycles. The Morgan fingerprint density at radius 3 is 1.65 bits per heavy atom. The van der Waals surface area contributed by atoms with E-state index in [2.05, 4.69) is 73.8 Å². The van der Waals surface area contributed by atoms with Gasteiger partial charge < -0.3 is 21.7 Å². The highest BCUT2D eigenvalue weighted by Crippen LogP contribution is 2.33. The second-order valence-corrected chi connectivity index (χ2v) is 14.3. The molecule has 5 N–H and O–H groups in total. The van der Waals surface area contributed by atoms with E-state index >= 15 is 0 Å². The summed E-state index contributed by atoms with van der Waals surface area (Å²) in [6, 6.07) is 30.1. The Hall–Kier alpha value is -4.72. The van der Waals surface area contributed by atoms with E-state index in [4.69, 9.17) is 27.9 Å². The van der Waals surface area contributed by atoms with Crippen molar-refractivity contribution in [1.29, 1.82) is 10.5 Å². The molecule has 0 spiro atoms. The summed E-state index contributed by atoms with van der Waals surface area (Å²) in [4.78, 5) is 17.8. The Balaban J connectivity index is 0.000000167. The highest BCUT2D eigenvalue weighted by atomic mass is 79.9. The van der Waals surface area contributed by atoms with Crippen LogP contribution in [0.3, 0.4) is 0 Å². The van der Waals surface area contributed by atoms with Gasteiger partial charge in [0.25, 0.3) is 0 Å². The van der Waals surface area contributed by atoms with Crippen LogP contribution in [0.15, 0.2) is 93.9 Å². The number of anilines is 5. The first-order valence-corrected chi connectivity index (χ1v) is 18.3. The van der Waals surface area contributed by atoms with E-state index in [-0.39, 0.29) is 17.7 Å². The van der Waals surface area contributed by atoms with Crippen molar-refractivity contribution in [1.82, 2.24) is 19.9 Å². The maximum atomic E-state index is 8.90. The minimum Gasteiger partial charge on any atom is -0.399 e. The maximum Gasteiger partial charge on any atom is 0.229 e. The number of nitrogens with two attached hydrogens (primary N) is 1. The van der Waals surface area contributed by atoms with Crippen molar-refractivity contribution < 1.29 is 0 Å². The molecule has 0 saturated heterocycles. The molecule has 2 aliphatic carbocycles. The molecule has 2 saturated carbocycles. The number of rotatable bonds is 8. The van der Waals surface area contributed by atoms with E-state index in [0.29, 0.717) is 22.8 Å². The van der Waals surface area contributed by atoms with Gasteiger partial charge in [-0.1, -0.05) is 12.1 Å². The van der Waals surface area contributed by atoms with Crippen LogP contribution in [-0.2, 0) is 0 Å². The van der Waals surface area contributed by atoms with Crippen LogP contribution in [0.25, 0.3) is 21.8 Å². The lowest BCUT2D eigenvalue weighted by Crippen LogP contribution is -2.08. The van der Waals surface area contributed by atoms with Crippen LogP contribution in [0, 0.1) is 34.5 Å². The summed E-state index contributed by atoms with van der Waals surface area (Å²) in [5, 5.41) is 29.6. The van der Waals surface area contributed by atoms with Gasteiger partial charge in [0, 0.05) is 44.2 Å². The van der Waals surface area contributed by atoms with Gasteiger partial charge in [-0.2, -0.15) is 15.5 Å². The standard InChI is InChI=1S/C19H16BrN5.C12H11BrClN3.C7H6N2.ClH/c20-16-3-1-2-15-17(16)24-19(25-18(15)22-11-13-4-5-13)23-14-8-6-12(10-21)7-9-14;13-9-3-1-2-8-10(9)16-12(14)17-11(8)15-6-7-4-5-7;8-5-6-1-3-7(9)4-2-6;/h1-3,6-9,13H,4-5,11H2,(H2,22,23,24,25);1-3,7H,4-6H2,(H,15,16,17);1-4H,9H2;1H. The molecule has 0 unspecified atom stereocenters. The van der Waals surface area contributed by atoms with Crippen molar-refractivity contribution in [3.05, 3.63) is 110 Å². The molecule has 0 aliphatic heterocycles. The number of nitrogen functional groups attached to an aromatic ring is 1. The number of hydrogen-bond acceptors (Lipinski definition) is 10. The Morgan fingerprint density at radius 1 is 0.673 bits per heavy atom. The van der Waals surface area contributed by atoms with E-state index in [1.165, 1.54) is 25.7 Å². The number of nitrogens with one attached hydrogen (secondary N) is 3. The maximum absolute atomic E-state index is 8.90. The van der Waals surface area contributed by atoms with Crippen LogP contribution >= 0.6 is 55.9 Å². The Morgan fingerprint density at radius 2 is 1.15 bits per heavy atom. The third kappa shape index (κ3) is 10.7. The van der Waals surface area contributed by atoms with E-state index in [0.717, 1.165) is 73.0 Å². The summed E-state index contributed by atoms with van der Waals surface area (Å²) in [6.07, 6.45) is 5.20. The normalized spacial score (nSPS) is 12.9. The van der Waals surface area contributed by atoms with Gasteiger partial charge in [-0.15, -0.1) is 12.4 Å². The third-order valence-electron chi connectivity index (χ3n) is 8.15. The Bertz CT molecular complexity index is 2230. The second-order valence-electron chi connectivity index (χ2n) is 12.2.